The number of rotatable bonds is 4. The van der Waals surface area contributed by atoms with Gasteiger partial charge in [-0.15, -0.1) is 11.3 Å². The average Bonchev–Trinajstić information content (AvgIpc) is 2.76. The molecule has 0 radical (unpaired) electrons. The van der Waals surface area contributed by atoms with Crippen molar-refractivity contribution in [2.45, 2.75) is 12.6 Å². The quantitative estimate of drug-likeness (QED) is 0.698. The molecule has 1 heterocycles. The Morgan fingerprint density at radius 2 is 1.95 bits per heavy atom. The Kier molecular flexibility index (Phi) is 4.99. The number of hydrogen-bond acceptors (Lipinski definition) is 2. The third-order valence-electron chi connectivity index (χ3n) is 2.60. The molecule has 0 unspecified atom stereocenters. The summed E-state index contributed by atoms with van der Waals surface area (Å²) in [6, 6.07) is 7.74. The molecule has 1 nitrogen and oxygen atoms in total. The van der Waals surface area contributed by atoms with Crippen LogP contribution in [0.1, 0.15) is 10.4 Å². The van der Waals surface area contributed by atoms with Crippen LogP contribution in [-0.2, 0) is 12.6 Å². The lowest BCUT2D eigenvalue weighted by molar-refractivity contribution is -0.137. The van der Waals surface area contributed by atoms with E-state index >= 15 is 0 Å². The average molecular weight is 385 g/mol. The lowest BCUT2D eigenvalue weighted by Gasteiger charge is -2.14. The first kappa shape index (κ1) is 15.7. The Bertz CT molecular complexity index is 598. The lowest BCUT2D eigenvalue weighted by atomic mass is 10.1. The van der Waals surface area contributed by atoms with Gasteiger partial charge >= 0.3 is 6.18 Å². The summed E-state index contributed by atoms with van der Waals surface area (Å²) in [7, 11) is 0. The summed E-state index contributed by atoms with van der Waals surface area (Å²) in [5, 5.41) is 2.83. The summed E-state index contributed by atoms with van der Waals surface area (Å²) in [4.78, 5) is 1.04. The van der Waals surface area contributed by atoms with E-state index in [0.717, 1.165) is 10.9 Å². The molecule has 1 aromatic heterocycles. The standard InChI is InChI=1S/C13H10BrClF3NS/c14-8-1-3-11(10(7-8)13(16,17)18)19-6-5-9-2-4-12(15)20-9/h1-4,7,19H,5-6H2. The molecular weight excluding hydrogens is 375 g/mol. The van der Waals surface area contributed by atoms with E-state index in [-0.39, 0.29) is 5.69 Å². The Labute approximate surface area is 131 Å². The summed E-state index contributed by atoms with van der Waals surface area (Å²) in [5.74, 6) is 0. The van der Waals surface area contributed by atoms with Crippen molar-refractivity contribution in [3.8, 4) is 0 Å². The van der Waals surface area contributed by atoms with E-state index in [9.17, 15) is 13.2 Å². The molecule has 0 fully saturated rings. The summed E-state index contributed by atoms with van der Waals surface area (Å²) in [6.45, 7) is 0.418. The number of halogens is 5. The maximum Gasteiger partial charge on any atom is 0.418 e. The van der Waals surface area contributed by atoms with Crippen LogP contribution in [0.15, 0.2) is 34.8 Å². The number of hydrogen-bond donors (Lipinski definition) is 1. The Hall–Kier alpha value is -0.720. The van der Waals surface area contributed by atoms with Gasteiger partial charge in [0.25, 0.3) is 0 Å². The highest BCUT2D eigenvalue weighted by Gasteiger charge is 2.33. The first-order chi connectivity index (χ1) is 9.36. The van der Waals surface area contributed by atoms with Gasteiger partial charge < -0.3 is 5.32 Å². The zero-order valence-corrected chi connectivity index (χ0v) is 13.3. The minimum atomic E-state index is -4.38. The highest BCUT2D eigenvalue weighted by Crippen LogP contribution is 2.36. The molecule has 7 heteroatoms. The minimum Gasteiger partial charge on any atom is -0.384 e. The second kappa shape index (κ2) is 6.37. The maximum atomic E-state index is 12.9. The van der Waals surface area contributed by atoms with Crippen LogP contribution in [0.3, 0.4) is 0 Å². The molecule has 0 amide bonds. The number of benzene rings is 1. The van der Waals surface area contributed by atoms with Gasteiger partial charge in [-0.05, 0) is 36.8 Å². The molecular formula is C13H10BrClF3NS. The second-order valence-electron chi connectivity index (χ2n) is 4.07. The summed E-state index contributed by atoms with van der Waals surface area (Å²) in [5.41, 5.74) is -0.584. The highest BCUT2D eigenvalue weighted by molar-refractivity contribution is 9.10. The normalized spacial score (nSPS) is 11.7. The zero-order valence-electron chi connectivity index (χ0n) is 10.1. The lowest BCUT2D eigenvalue weighted by Crippen LogP contribution is -2.12. The van der Waals surface area contributed by atoms with Gasteiger partial charge in [0.2, 0.25) is 0 Å². The van der Waals surface area contributed by atoms with Gasteiger partial charge in [-0.3, -0.25) is 0 Å². The van der Waals surface area contributed by atoms with E-state index < -0.39 is 11.7 Å². The number of thiophene rings is 1. The van der Waals surface area contributed by atoms with Gasteiger partial charge in [0.1, 0.15) is 0 Å². The fourth-order valence-electron chi connectivity index (χ4n) is 1.71. The van der Waals surface area contributed by atoms with Crippen molar-refractivity contribution in [1.82, 2.24) is 0 Å². The molecule has 1 aromatic carbocycles. The SMILES string of the molecule is FC(F)(F)c1cc(Br)ccc1NCCc1ccc(Cl)s1. The van der Waals surface area contributed by atoms with Gasteiger partial charge in [0.05, 0.1) is 9.90 Å². The molecule has 0 bridgehead atoms. The summed E-state index contributed by atoms with van der Waals surface area (Å²) < 4.78 is 39.8. The van der Waals surface area contributed by atoms with Crippen molar-refractivity contribution in [2.75, 3.05) is 11.9 Å². The molecule has 0 saturated carbocycles. The van der Waals surface area contributed by atoms with E-state index in [4.69, 9.17) is 11.6 Å². The van der Waals surface area contributed by atoms with Crippen LogP contribution in [0.5, 0.6) is 0 Å². The van der Waals surface area contributed by atoms with Crippen LogP contribution in [0, 0.1) is 0 Å². The first-order valence-electron chi connectivity index (χ1n) is 5.71. The maximum absolute atomic E-state index is 12.9. The van der Waals surface area contributed by atoms with Crippen LogP contribution in [0.25, 0.3) is 0 Å². The fourth-order valence-corrected chi connectivity index (χ4v) is 3.16. The van der Waals surface area contributed by atoms with Crippen molar-refractivity contribution < 1.29 is 13.2 Å². The van der Waals surface area contributed by atoms with Crippen molar-refractivity contribution >= 4 is 44.6 Å². The number of nitrogens with one attached hydrogen (secondary N) is 1. The van der Waals surface area contributed by atoms with Crippen LogP contribution in [-0.4, -0.2) is 6.54 Å². The minimum absolute atomic E-state index is 0.0864. The van der Waals surface area contributed by atoms with E-state index in [1.54, 1.807) is 12.1 Å². The van der Waals surface area contributed by atoms with E-state index in [2.05, 4.69) is 21.2 Å². The topological polar surface area (TPSA) is 12.0 Å². The Morgan fingerprint density at radius 3 is 2.55 bits per heavy atom. The fraction of sp³-hybridized carbons (Fsp3) is 0.231. The molecule has 20 heavy (non-hydrogen) atoms. The van der Waals surface area contributed by atoms with E-state index in [1.165, 1.54) is 17.4 Å². The molecule has 1 N–H and O–H groups in total. The van der Waals surface area contributed by atoms with Crippen LogP contribution < -0.4 is 5.32 Å². The molecule has 0 spiro atoms. The molecule has 0 atom stereocenters. The number of alkyl halides is 3. The summed E-state index contributed by atoms with van der Waals surface area (Å²) >= 11 is 10.3. The first-order valence-corrected chi connectivity index (χ1v) is 7.70. The second-order valence-corrected chi connectivity index (χ2v) is 6.79. The highest BCUT2D eigenvalue weighted by atomic mass is 79.9. The summed E-state index contributed by atoms with van der Waals surface area (Å²) in [6.07, 6.45) is -3.75. The van der Waals surface area contributed by atoms with Gasteiger partial charge in [-0.25, -0.2) is 0 Å². The molecule has 0 aliphatic heterocycles. The van der Waals surface area contributed by atoms with Crippen LogP contribution in [0.4, 0.5) is 18.9 Å². The molecule has 0 aliphatic carbocycles. The van der Waals surface area contributed by atoms with Crippen molar-refractivity contribution in [2.24, 2.45) is 0 Å². The van der Waals surface area contributed by atoms with E-state index in [0.29, 0.717) is 21.8 Å². The van der Waals surface area contributed by atoms with Gasteiger partial charge in [-0.2, -0.15) is 13.2 Å². The Morgan fingerprint density at radius 1 is 1.20 bits per heavy atom. The molecule has 0 saturated heterocycles. The van der Waals surface area contributed by atoms with Crippen LogP contribution >= 0.6 is 38.9 Å². The smallest absolute Gasteiger partial charge is 0.384 e. The van der Waals surface area contributed by atoms with Crippen molar-refractivity contribution in [1.29, 1.82) is 0 Å². The van der Waals surface area contributed by atoms with Crippen LogP contribution in [0.2, 0.25) is 4.34 Å². The molecule has 2 aromatic rings. The largest absolute Gasteiger partial charge is 0.418 e. The number of anilines is 1. The van der Waals surface area contributed by atoms with E-state index in [1.807, 2.05) is 6.07 Å². The van der Waals surface area contributed by atoms with Gasteiger partial charge in [0, 0.05) is 21.6 Å². The Balaban J connectivity index is 2.06. The molecule has 2 rings (SSSR count). The zero-order chi connectivity index (χ0) is 14.8. The third-order valence-corrected chi connectivity index (χ3v) is 4.39. The van der Waals surface area contributed by atoms with Gasteiger partial charge in [0.15, 0.2) is 0 Å². The predicted molar refractivity (Wildman–Crippen MR) is 80.7 cm³/mol. The predicted octanol–water partition coefficient (Wildman–Crippen LogP) is 5.84. The third kappa shape index (κ3) is 4.14. The van der Waals surface area contributed by atoms with Crippen molar-refractivity contribution in [3.05, 3.63) is 49.6 Å². The molecule has 108 valence electrons. The van der Waals surface area contributed by atoms with Crippen molar-refractivity contribution in [3.63, 3.8) is 0 Å². The molecule has 0 aliphatic rings. The monoisotopic (exact) mass is 383 g/mol. The van der Waals surface area contributed by atoms with Gasteiger partial charge in [-0.1, -0.05) is 27.5 Å².